The SMILES string of the molecule is CNC(=O)C(NC(=O)C(OCc1ccc(C2=C(O)C(=O)CCC2)cc1)C(O)C(O)C(OCc1ccc(C2=C(O)C(=O)CCC2)cc1)C(=O)NC(C(=O)NC)C(C)C)C(C)C. The van der Waals surface area contributed by atoms with E-state index in [-0.39, 0.29) is 49.1 Å². The summed E-state index contributed by atoms with van der Waals surface area (Å²) >= 11 is 0. The maximum Gasteiger partial charge on any atom is 0.252 e. The Hall–Kier alpha value is -5.42. The molecule has 0 bridgehead atoms. The summed E-state index contributed by atoms with van der Waals surface area (Å²) in [5.41, 5.74) is 3.28. The minimum Gasteiger partial charge on any atom is -0.504 e. The summed E-state index contributed by atoms with van der Waals surface area (Å²) in [6.07, 6.45) is -5.32. The number of carbonyl (C=O) groups excluding carboxylic acids is 6. The van der Waals surface area contributed by atoms with Gasteiger partial charge < -0.3 is 51.2 Å². The van der Waals surface area contributed by atoms with Crippen molar-refractivity contribution in [2.45, 2.75) is 116 Å². The van der Waals surface area contributed by atoms with E-state index in [4.69, 9.17) is 9.47 Å². The normalized spacial score (nSPS) is 17.8. The highest BCUT2D eigenvalue weighted by atomic mass is 16.5. The van der Waals surface area contributed by atoms with Crippen LogP contribution in [-0.2, 0) is 51.5 Å². The number of nitrogens with one attached hydrogen (secondary N) is 4. The number of carbonyl (C=O) groups is 6. The lowest BCUT2D eigenvalue weighted by molar-refractivity contribution is -0.171. The number of allylic oxidation sites excluding steroid dienone is 4. The number of hydrogen-bond donors (Lipinski definition) is 8. The number of hydrogen-bond acceptors (Lipinski definition) is 12. The van der Waals surface area contributed by atoms with Crippen molar-refractivity contribution in [2.24, 2.45) is 11.8 Å². The number of ether oxygens (including phenoxy) is 2. The molecule has 4 rings (SSSR count). The van der Waals surface area contributed by atoms with Crippen molar-refractivity contribution in [1.82, 2.24) is 21.3 Å². The number of aliphatic hydroxyl groups excluding tert-OH is 4. The van der Waals surface area contributed by atoms with E-state index in [2.05, 4.69) is 21.3 Å². The summed E-state index contributed by atoms with van der Waals surface area (Å²) in [6.45, 7) is 6.19. The van der Waals surface area contributed by atoms with Crippen LogP contribution in [0.4, 0.5) is 0 Å². The first-order valence-electron chi connectivity index (χ1n) is 20.2. The minimum absolute atomic E-state index is 0.262. The standard InChI is InChI=1S/C44H58N4O12/c1-23(2)33(41(55)45-5)47-43(57)39(59-21-25-13-17-27(18-14-25)29-9-7-11-31(49)35(29)51)37(53)38(54)40(44(58)48-34(24(3)4)42(56)46-6)60-22-26-15-19-28(20-16-26)30-10-8-12-32(50)36(30)52/h13-20,23-24,33-34,37-40,51-54H,7-12,21-22H2,1-6H3,(H,45,55)(H,46,56)(H,47,57)(H,48,58). The molecule has 16 nitrogen and oxygen atoms in total. The monoisotopic (exact) mass is 834 g/mol. The summed E-state index contributed by atoms with van der Waals surface area (Å²) in [5, 5.41) is 54.4. The van der Waals surface area contributed by atoms with E-state index in [1.165, 1.54) is 14.1 Å². The Balaban J connectivity index is 1.64. The average Bonchev–Trinajstić information content (AvgIpc) is 3.23. The molecule has 0 saturated carbocycles. The summed E-state index contributed by atoms with van der Waals surface area (Å²) in [7, 11) is 2.79. The average molecular weight is 835 g/mol. The zero-order valence-electron chi connectivity index (χ0n) is 34.9. The molecule has 2 aromatic carbocycles. The predicted molar refractivity (Wildman–Crippen MR) is 221 cm³/mol. The molecular formula is C44H58N4O12. The zero-order valence-corrected chi connectivity index (χ0v) is 34.9. The minimum atomic E-state index is -2.15. The lowest BCUT2D eigenvalue weighted by atomic mass is 9.91. The van der Waals surface area contributed by atoms with Crippen molar-refractivity contribution < 1.29 is 58.7 Å². The number of ketones is 2. The van der Waals surface area contributed by atoms with Gasteiger partial charge in [-0.1, -0.05) is 76.2 Å². The van der Waals surface area contributed by atoms with E-state index in [0.717, 1.165) is 0 Å². The third-order valence-electron chi connectivity index (χ3n) is 10.7. The van der Waals surface area contributed by atoms with Gasteiger partial charge >= 0.3 is 0 Å². The van der Waals surface area contributed by atoms with E-state index < -0.39 is 72.0 Å². The van der Waals surface area contributed by atoms with Crippen LogP contribution in [0, 0.1) is 11.8 Å². The molecule has 0 fully saturated rings. The van der Waals surface area contributed by atoms with Crippen LogP contribution in [-0.4, -0.2) is 106 Å². The molecule has 0 heterocycles. The molecule has 60 heavy (non-hydrogen) atoms. The maximum absolute atomic E-state index is 14.0. The first-order valence-corrected chi connectivity index (χ1v) is 20.2. The van der Waals surface area contributed by atoms with Gasteiger partial charge in [-0.15, -0.1) is 0 Å². The van der Waals surface area contributed by atoms with E-state index in [1.807, 2.05) is 0 Å². The van der Waals surface area contributed by atoms with Gasteiger partial charge in [-0.3, -0.25) is 28.8 Å². The van der Waals surface area contributed by atoms with Crippen molar-refractivity contribution in [1.29, 1.82) is 0 Å². The second kappa shape index (κ2) is 21.7. The van der Waals surface area contributed by atoms with Crippen LogP contribution in [0.1, 0.15) is 88.5 Å². The van der Waals surface area contributed by atoms with Gasteiger partial charge in [0.25, 0.3) is 11.8 Å². The van der Waals surface area contributed by atoms with Crippen LogP contribution in [0.3, 0.4) is 0 Å². The van der Waals surface area contributed by atoms with Crippen molar-refractivity contribution in [3.8, 4) is 0 Å². The fraction of sp³-hybridized carbons (Fsp3) is 0.500. The number of rotatable bonds is 19. The number of aliphatic hydroxyl groups is 4. The van der Waals surface area contributed by atoms with Gasteiger partial charge in [-0.05, 0) is 59.8 Å². The van der Waals surface area contributed by atoms with Crippen LogP contribution < -0.4 is 21.3 Å². The van der Waals surface area contributed by atoms with Gasteiger partial charge in [0.05, 0.1) is 13.2 Å². The van der Waals surface area contributed by atoms with E-state index >= 15 is 0 Å². The Morgan fingerprint density at radius 2 is 0.900 bits per heavy atom. The zero-order chi connectivity index (χ0) is 44.3. The number of amides is 4. The number of Topliss-reactive ketones (excluding diaryl/α,β-unsaturated/α-hetero) is 2. The molecule has 6 atom stereocenters. The van der Waals surface area contributed by atoms with Gasteiger partial charge in [0, 0.05) is 38.1 Å². The molecule has 0 aromatic heterocycles. The third kappa shape index (κ3) is 11.9. The van der Waals surface area contributed by atoms with Crippen LogP contribution in [0.15, 0.2) is 60.0 Å². The van der Waals surface area contributed by atoms with E-state index in [1.54, 1.807) is 76.2 Å². The lowest BCUT2D eigenvalue weighted by Gasteiger charge is -2.33. The highest BCUT2D eigenvalue weighted by Crippen LogP contribution is 2.31. The second-order valence-electron chi connectivity index (χ2n) is 15.7. The Kier molecular flexibility index (Phi) is 17.1. The Bertz CT molecular complexity index is 1800. The lowest BCUT2D eigenvalue weighted by Crippen LogP contribution is -2.60. The van der Waals surface area contributed by atoms with Crippen LogP contribution in [0.5, 0.6) is 0 Å². The molecule has 0 radical (unpaired) electrons. The molecule has 6 unspecified atom stereocenters. The number of benzene rings is 2. The Morgan fingerprint density at radius 3 is 1.20 bits per heavy atom. The van der Waals surface area contributed by atoms with Gasteiger partial charge in [0.1, 0.15) is 24.3 Å². The van der Waals surface area contributed by atoms with Crippen molar-refractivity contribution in [3.05, 3.63) is 82.3 Å². The Labute approximate surface area is 349 Å². The third-order valence-corrected chi connectivity index (χ3v) is 10.7. The van der Waals surface area contributed by atoms with Crippen LogP contribution in [0.25, 0.3) is 11.1 Å². The molecule has 4 amide bonds. The largest absolute Gasteiger partial charge is 0.504 e. The molecule has 2 aliphatic carbocycles. The summed E-state index contributed by atoms with van der Waals surface area (Å²) in [5.74, 6) is -5.06. The molecule has 0 spiro atoms. The van der Waals surface area contributed by atoms with Gasteiger partial charge in [-0.25, -0.2) is 0 Å². The van der Waals surface area contributed by atoms with Crippen LogP contribution >= 0.6 is 0 Å². The van der Waals surface area contributed by atoms with E-state index in [9.17, 15) is 49.2 Å². The van der Waals surface area contributed by atoms with Gasteiger partial charge in [0.15, 0.2) is 35.3 Å². The second-order valence-corrected chi connectivity index (χ2v) is 15.7. The summed E-state index contributed by atoms with van der Waals surface area (Å²) in [6, 6.07) is 11.2. The van der Waals surface area contributed by atoms with Gasteiger partial charge in [-0.2, -0.15) is 0 Å². The fourth-order valence-corrected chi connectivity index (χ4v) is 7.07. The van der Waals surface area contributed by atoms with Crippen molar-refractivity contribution >= 4 is 46.3 Å². The topological polar surface area (TPSA) is 250 Å². The molecule has 2 aliphatic rings. The molecule has 0 saturated heterocycles. The maximum atomic E-state index is 14.0. The summed E-state index contributed by atoms with van der Waals surface area (Å²) < 4.78 is 12.0. The molecule has 8 N–H and O–H groups in total. The first-order chi connectivity index (χ1) is 28.5. The Morgan fingerprint density at radius 1 is 0.567 bits per heavy atom. The quantitative estimate of drug-likeness (QED) is 0.102. The van der Waals surface area contributed by atoms with Gasteiger partial charge in [0.2, 0.25) is 11.8 Å². The van der Waals surface area contributed by atoms with Crippen molar-refractivity contribution in [3.63, 3.8) is 0 Å². The highest BCUT2D eigenvalue weighted by molar-refractivity contribution is 6.02. The van der Waals surface area contributed by atoms with Crippen molar-refractivity contribution in [2.75, 3.05) is 14.1 Å². The molecule has 326 valence electrons. The highest BCUT2D eigenvalue weighted by Gasteiger charge is 2.43. The molecule has 2 aromatic rings. The molecule has 16 heteroatoms. The fourth-order valence-electron chi connectivity index (χ4n) is 7.07. The van der Waals surface area contributed by atoms with E-state index in [0.29, 0.717) is 59.1 Å². The first kappa shape index (κ1) is 47.3. The molecule has 0 aliphatic heterocycles. The smallest absolute Gasteiger partial charge is 0.252 e. The summed E-state index contributed by atoms with van der Waals surface area (Å²) in [4.78, 5) is 77.6. The number of likely N-dealkylation sites (N-methyl/N-ethyl adjacent to an activating group) is 2. The van der Waals surface area contributed by atoms with Crippen LogP contribution in [0.2, 0.25) is 0 Å². The predicted octanol–water partition coefficient (Wildman–Crippen LogP) is 2.70. The molecular weight excluding hydrogens is 776 g/mol.